The van der Waals surface area contributed by atoms with Crippen LogP contribution in [0.3, 0.4) is 0 Å². The summed E-state index contributed by atoms with van der Waals surface area (Å²) in [5.41, 5.74) is 3.93. The number of hydrogen-bond acceptors (Lipinski definition) is 3. The number of rotatable bonds is 0. The molecule has 0 bridgehead atoms. The van der Waals surface area contributed by atoms with Gasteiger partial charge in [-0.3, -0.25) is 0 Å². The SMILES string of the molecule is c1ccc2c(c1)CCCCN2.c1ccc2c(c1)NCCCO2. The van der Waals surface area contributed by atoms with E-state index in [2.05, 4.69) is 34.9 Å². The van der Waals surface area contributed by atoms with Crippen molar-refractivity contribution in [3.8, 4) is 5.75 Å². The molecule has 0 fully saturated rings. The van der Waals surface area contributed by atoms with Gasteiger partial charge in [0.25, 0.3) is 0 Å². The summed E-state index contributed by atoms with van der Waals surface area (Å²) in [5, 5.41) is 6.73. The third-order valence-corrected chi connectivity index (χ3v) is 3.99. The fraction of sp³-hybridized carbons (Fsp3) is 0.368. The Balaban J connectivity index is 0.000000131. The average Bonchev–Trinajstić information content (AvgIpc) is 2.95. The molecule has 3 nitrogen and oxygen atoms in total. The molecule has 0 radical (unpaired) electrons. The lowest BCUT2D eigenvalue weighted by molar-refractivity contribution is 0.323. The predicted octanol–water partition coefficient (Wildman–Crippen LogP) is 4.32. The second kappa shape index (κ2) is 7.74. The van der Waals surface area contributed by atoms with Crippen molar-refractivity contribution in [1.82, 2.24) is 0 Å². The number of fused-ring (bicyclic) bond motifs is 2. The van der Waals surface area contributed by atoms with Crippen LogP contribution in [-0.2, 0) is 6.42 Å². The van der Waals surface area contributed by atoms with E-state index >= 15 is 0 Å². The van der Waals surface area contributed by atoms with Gasteiger partial charge in [0.05, 0.1) is 12.3 Å². The van der Waals surface area contributed by atoms with E-state index in [1.54, 1.807) is 0 Å². The predicted molar refractivity (Wildman–Crippen MR) is 92.9 cm³/mol. The summed E-state index contributed by atoms with van der Waals surface area (Å²) in [6.45, 7) is 2.97. The minimum absolute atomic E-state index is 0.823. The summed E-state index contributed by atoms with van der Waals surface area (Å²) >= 11 is 0. The van der Waals surface area contributed by atoms with Crippen LogP contribution >= 0.6 is 0 Å². The van der Waals surface area contributed by atoms with Gasteiger partial charge in [-0.25, -0.2) is 0 Å². The van der Waals surface area contributed by atoms with Crippen LogP contribution in [0.2, 0.25) is 0 Å². The molecule has 2 aromatic rings. The molecule has 2 aromatic carbocycles. The standard InChI is InChI=1S/C10H13N.C9H11NO/c1-2-7-10-9(5-1)6-3-4-8-11-10;1-2-5-9-8(4-1)10-6-3-7-11-9/h1-2,5,7,11H,3-4,6,8H2;1-2,4-5,10H,3,6-7H2. The van der Waals surface area contributed by atoms with E-state index < -0.39 is 0 Å². The highest BCUT2D eigenvalue weighted by molar-refractivity contribution is 5.56. The van der Waals surface area contributed by atoms with Gasteiger partial charge >= 0.3 is 0 Å². The number of nitrogens with one attached hydrogen (secondary N) is 2. The van der Waals surface area contributed by atoms with Crippen molar-refractivity contribution < 1.29 is 4.74 Å². The van der Waals surface area contributed by atoms with Crippen LogP contribution < -0.4 is 15.4 Å². The Morgan fingerprint density at radius 3 is 2.41 bits per heavy atom. The van der Waals surface area contributed by atoms with Crippen molar-refractivity contribution in [3.63, 3.8) is 0 Å². The van der Waals surface area contributed by atoms with E-state index in [1.807, 2.05) is 24.3 Å². The van der Waals surface area contributed by atoms with Crippen molar-refractivity contribution in [2.24, 2.45) is 0 Å². The van der Waals surface area contributed by atoms with Gasteiger partial charge in [0.1, 0.15) is 5.75 Å². The molecule has 2 heterocycles. The highest BCUT2D eigenvalue weighted by Gasteiger charge is 2.05. The molecule has 4 rings (SSSR count). The van der Waals surface area contributed by atoms with Gasteiger partial charge in [-0.2, -0.15) is 0 Å². The van der Waals surface area contributed by atoms with Gasteiger partial charge in [-0.15, -0.1) is 0 Å². The van der Waals surface area contributed by atoms with Gasteiger partial charge in [0.15, 0.2) is 0 Å². The molecule has 0 aliphatic carbocycles. The first-order valence-corrected chi connectivity index (χ1v) is 8.21. The number of anilines is 2. The van der Waals surface area contributed by atoms with Crippen LogP contribution in [0.1, 0.15) is 24.8 Å². The molecule has 2 aliphatic heterocycles. The summed E-state index contributed by atoms with van der Waals surface area (Å²) in [7, 11) is 0. The molecule has 3 heteroatoms. The quantitative estimate of drug-likeness (QED) is 0.760. The molecule has 0 spiro atoms. The first-order chi connectivity index (χ1) is 10.9. The molecule has 2 aliphatic rings. The van der Waals surface area contributed by atoms with E-state index in [4.69, 9.17) is 4.74 Å². The molecule has 2 N–H and O–H groups in total. The zero-order valence-corrected chi connectivity index (χ0v) is 13.0. The monoisotopic (exact) mass is 296 g/mol. The zero-order valence-electron chi connectivity index (χ0n) is 13.0. The molecular weight excluding hydrogens is 272 g/mol. The Labute approximate surface area is 132 Å². The number of hydrogen-bond donors (Lipinski definition) is 2. The Hall–Kier alpha value is -2.16. The average molecular weight is 296 g/mol. The maximum absolute atomic E-state index is 5.49. The Morgan fingerprint density at radius 2 is 1.45 bits per heavy atom. The maximum atomic E-state index is 5.49. The van der Waals surface area contributed by atoms with Crippen molar-refractivity contribution >= 4 is 11.4 Å². The molecule has 22 heavy (non-hydrogen) atoms. The van der Waals surface area contributed by atoms with Crippen LogP contribution in [0.15, 0.2) is 48.5 Å². The van der Waals surface area contributed by atoms with Crippen LogP contribution in [0, 0.1) is 0 Å². The minimum atomic E-state index is 0.823. The molecule has 0 atom stereocenters. The minimum Gasteiger partial charge on any atom is -0.491 e. The van der Waals surface area contributed by atoms with Crippen LogP contribution in [0.5, 0.6) is 5.75 Å². The highest BCUT2D eigenvalue weighted by Crippen LogP contribution is 2.25. The van der Waals surface area contributed by atoms with Crippen LogP contribution in [-0.4, -0.2) is 19.7 Å². The number of aryl methyl sites for hydroxylation is 1. The number of benzene rings is 2. The van der Waals surface area contributed by atoms with E-state index in [-0.39, 0.29) is 0 Å². The van der Waals surface area contributed by atoms with Gasteiger partial charge in [-0.1, -0.05) is 30.3 Å². The van der Waals surface area contributed by atoms with Crippen LogP contribution in [0.25, 0.3) is 0 Å². The molecule has 0 saturated carbocycles. The molecule has 0 aromatic heterocycles. The number of para-hydroxylation sites is 3. The van der Waals surface area contributed by atoms with Gasteiger partial charge in [0, 0.05) is 18.8 Å². The smallest absolute Gasteiger partial charge is 0.142 e. The van der Waals surface area contributed by atoms with Crippen molar-refractivity contribution in [2.75, 3.05) is 30.3 Å². The van der Waals surface area contributed by atoms with Gasteiger partial charge in [0.2, 0.25) is 0 Å². The van der Waals surface area contributed by atoms with Crippen molar-refractivity contribution in [1.29, 1.82) is 0 Å². The fourth-order valence-corrected chi connectivity index (χ4v) is 2.79. The molecule has 0 saturated heterocycles. The lowest BCUT2D eigenvalue weighted by Gasteiger charge is -2.05. The third-order valence-electron chi connectivity index (χ3n) is 3.99. The molecular formula is C19H24N2O. The molecule has 0 unspecified atom stereocenters. The Morgan fingerprint density at radius 1 is 0.727 bits per heavy atom. The van der Waals surface area contributed by atoms with Crippen LogP contribution in [0.4, 0.5) is 11.4 Å². The summed E-state index contributed by atoms with van der Waals surface area (Å²) in [6.07, 6.45) is 4.94. The van der Waals surface area contributed by atoms with Crippen molar-refractivity contribution in [3.05, 3.63) is 54.1 Å². The van der Waals surface area contributed by atoms with Crippen molar-refractivity contribution in [2.45, 2.75) is 25.7 Å². The third kappa shape index (κ3) is 3.94. The van der Waals surface area contributed by atoms with Gasteiger partial charge < -0.3 is 15.4 Å². The summed E-state index contributed by atoms with van der Waals surface area (Å²) in [4.78, 5) is 0. The fourth-order valence-electron chi connectivity index (χ4n) is 2.79. The molecule has 116 valence electrons. The zero-order chi connectivity index (χ0) is 15.0. The van der Waals surface area contributed by atoms with E-state index in [9.17, 15) is 0 Å². The topological polar surface area (TPSA) is 33.3 Å². The summed E-state index contributed by atoms with van der Waals surface area (Å²) < 4.78 is 5.49. The molecule has 0 amide bonds. The van der Waals surface area contributed by atoms with E-state index in [0.717, 1.165) is 37.6 Å². The van der Waals surface area contributed by atoms with E-state index in [1.165, 1.54) is 30.5 Å². The Bertz CT molecular complexity index is 494. The van der Waals surface area contributed by atoms with Gasteiger partial charge in [-0.05, 0) is 49.4 Å². The second-order valence-corrected chi connectivity index (χ2v) is 5.67. The summed E-state index contributed by atoms with van der Waals surface area (Å²) in [6, 6.07) is 16.6. The summed E-state index contributed by atoms with van der Waals surface area (Å²) in [5.74, 6) is 0.977. The van der Waals surface area contributed by atoms with E-state index in [0.29, 0.717) is 0 Å². The second-order valence-electron chi connectivity index (χ2n) is 5.67. The lowest BCUT2D eigenvalue weighted by atomic mass is 10.1. The Kier molecular flexibility index (Phi) is 5.19. The maximum Gasteiger partial charge on any atom is 0.142 e. The lowest BCUT2D eigenvalue weighted by Crippen LogP contribution is -1.99. The number of ether oxygens (including phenoxy) is 1. The first-order valence-electron chi connectivity index (χ1n) is 8.21. The first kappa shape index (κ1) is 14.8. The normalized spacial score (nSPS) is 16.0. The highest BCUT2D eigenvalue weighted by atomic mass is 16.5. The largest absolute Gasteiger partial charge is 0.491 e.